The Hall–Kier alpha value is -1.52. The van der Waals surface area contributed by atoms with Gasteiger partial charge in [0, 0.05) is 24.2 Å². The van der Waals surface area contributed by atoms with Gasteiger partial charge in [-0.1, -0.05) is 5.16 Å². The molecule has 2 bridgehead atoms. The lowest BCUT2D eigenvalue weighted by Crippen LogP contribution is -2.53. The zero-order chi connectivity index (χ0) is 20.9. The number of aromatic nitrogens is 1. The smallest absolute Gasteiger partial charge is 0.273 e. The number of piperidine rings is 2. The first-order valence-electron chi connectivity index (χ1n) is 11.0. The van der Waals surface area contributed by atoms with Crippen molar-refractivity contribution in [1.82, 2.24) is 20.1 Å². The first-order valence-corrected chi connectivity index (χ1v) is 12.6. The Morgan fingerprint density at radius 1 is 1.20 bits per heavy atom. The van der Waals surface area contributed by atoms with Gasteiger partial charge in [0.1, 0.15) is 11.9 Å². The molecule has 0 spiro atoms. The van der Waals surface area contributed by atoms with Crippen molar-refractivity contribution in [3.63, 3.8) is 0 Å². The van der Waals surface area contributed by atoms with Crippen molar-refractivity contribution < 1.29 is 22.1 Å². The lowest BCUT2D eigenvalue weighted by Gasteiger charge is -2.39. The van der Waals surface area contributed by atoms with Gasteiger partial charge in [-0.15, -0.1) is 0 Å². The number of alkyl halides is 1. The summed E-state index contributed by atoms with van der Waals surface area (Å²) in [4.78, 5) is 12.6. The molecule has 166 valence electrons. The van der Waals surface area contributed by atoms with E-state index in [1.165, 1.54) is 6.07 Å². The van der Waals surface area contributed by atoms with Crippen molar-refractivity contribution in [2.24, 2.45) is 5.92 Å². The minimum Gasteiger partial charge on any atom is -0.360 e. The van der Waals surface area contributed by atoms with Crippen LogP contribution in [0.5, 0.6) is 0 Å². The molecular weight excluding hydrogens is 411 g/mol. The van der Waals surface area contributed by atoms with Crippen LogP contribution in [0.3, 0.4) is 0 Å². The van der Waals surface area contributed by atoms with Gasteiger partial charge in [0.05, 0.1) is 11.7 Å². The van der Waals surface area contributed by atoms with Crippen LogP contribution in [-0.2, 0) is 10.0 Å². The fraction of sp³-hybridized carbons (Fsp3) is 0.800. The van der Waals surface area contributed by atoms with Gasteiger partial charge in [0.25, 0.3) is 5.91 Å². The molecular formula is C20H29FN4O4S. The fourth-order valence-corrected chi connectivity index (χ4v) is 7.82. The quantitative estimate of drug-likeness (QED) is 0.696. The molecule has 1 aromatic rings. The number of amides is 1. The molecule has 3 aliphatic heterocycles. The van der Waals surface area contributed by atoms with Crippen LogP contribution >= 0.6 is 0 Å². The van der Waals surface area contributed by atoms with Crippen molar-refractivity contribution in [3.8, 4) is 0 Å². The molecule has 8 nitrogen and oxygen atoms in total. The summed E-state index contributed by atoms with van der Waals surface area (Å²) in [6.07, 6.45) is 4.26. The predicted octanol–water partition coefficient (Wildman–Crippen LogP) is 1.55. The molecule has 3 saturated heterocycles. The van der Waals surface area contributed by atoms with E-state index in [1.54, 1.807) is 4.31 Å². The van der Waals surface area contributed by atoms with E-state index in [9.17, 15) is 17.6 Å². The molecule has 2 N–H and O–H groups in total. The number of hydrogen-bond acceptors (Lipinski definition) is 6. The Morgan fingerprint density at radius 2 is 1.87 bits per heavy atom. The number of nitrogens with zero attached hydrogens (tertiary/aromatic N) is 2. The molecule has 4 fully saturated rings. The van der Waals surface area contributed by atoms with Crippen LogP contribution in [0.2, 0.25) is 0 Å². The van der Waals surface area contributed by atoms with Gasteiger partial charge in [-0.3, -0.25) is 4.79 Å². The van der Waals surface area contributed by atoms with Gasteiger partial charge < -0.3 is 15.2 Å². The Bertz CT molecular complexity index is 886. The highest BCUT2D eigenvalue weighted by atomic mass is 32.2. The summed E-state index contributed by atoms with van der Waals surface area (Å²) in [5, 5.41) is 10.1. The van der Waals surface area contributed by atoms with E-state index < -0.39 is 16.2 Å². The van der Waals surface area contributed by atoms with Gasteiger partial charge in [-0.05, 0) is 64.0 Å². The van der Waals surface area contributed by atoms with E-state index in [-0.39, 0.29) is 47.3 Å². The Kier molecular flexibility index (Phi) is 5.35. The second kappa shape index (κ2) is 7.87. The highest BCUT2D eigenvalue weighted by Crippen LogP contribution is 2.43. The van der Waals surface area contributed by atoms with Crippen molar-refractivity contribution in [1.29, 1.82) is 0 Å². The average Bonchev–Trinajstić information content (AvgIpc) is 3.11. The summed E-state index contributed by atoms with van der Waals surface area (Å²) >= 11 is 0. The summed E-state index contributed by atoms with van der Waals surface area (Å²) in [7, 11) is -3.30. The predicted molar refractivity (Wildman–Crippen MR) is 107 cm³/mol. The molecule has 4 aliphatic rings. The van der Waals surface area contributed by atoms with Gasteiger partial charge in [-0.2, -0.15) is 4.31 Å². The topological polar surface area (TPSA) is 105 Å². The maximum Gasteiger partial charge on any atom is 0.273 e. The monoisotopic (exact) mass is 440 g/mol. The van der Waals surface area contributed by atoms with E-state index >= 15 is 0 Å². The SMILES string of the molecule is O=C(NC1C[C@H]2CC[C@@H](C1)N2S(=O)(=O)CC1CCNCC1)c1cc([C@@H]2C[C@H]2F)on1. The standard InChI is InChI=1S/C20H29FN4O4S/c21-17-9-16(17)19-10-18(24-29-19)20(26)23-13-7-14-1-2-15(8-13)25(14)30(27,28)11-12-3-5-22-6-4-12/h10,12-17,22H,1-9,11H2,(H,23,26)/t13?,14-,15+,16-,17-/m1/s1. The number of rotatable bonds is 6. The van der Waals surface area contributed by atoms with Crippen LogP contribution < -0.4 is 10.6 Å². The lowest BCUT2D eigenvalue weighted by molar-refractivity contribution is 0.0900. The first-order chi connectivity index (χ1) is 14.4. The number of fused-ring (bicyclic) bond motifs is 2. The molecule has 0 aromatic carbocycles. The normalized spacial score (nSPS) is 34.8. The van der Waals surface area contributed by atoms with E-state index in [0.717, 1.165) is 38.8 Å². The zero-order valence-corrected chi connectivity index (χ0v) is 17.7. The molecule has 1 amide bonds. The van der Waals surface area contributed by atoms with Crippen molar-refractivity contribution >= 4 is 15.9 Å². The lowest BCUT2D eigenvalue weighted by atomic mass is 9.99. The number of carbonyl (C=O) groups excluding carboxylic acids is 1. The summed E-state index contributed by atoms with van der Waals surface area (Å²) in [6.45, 7) is 1.77. The average molecular weight is 441 g/mol. The molecule has 1 unspecified atom stereocenters. The van der Waals surface area contributed by atoms with Crippen LogP contribution in [0, 0.1) is 5.92 Å². The van der Waals surface area contributed by atoms with E-state index in [1.807, 2.05) is 0 Å². The van der Waals surface area contributed by atoms with E-state index in [4.69, 9.17) is 4.52 Å². The zero-order valence-electron chi connectivity index (χ0n) is 16.9. The summed E-state index contributed by atoms with van der Waals surface area (Å²) in [5.41, 5.74) is 0.164. The van der Waals surface area contributed by atoms with Gasteiger partial charge >= 0.3 is 0 Å². The second-order valence-corrected chi connectivity index (χ2v) is 11.2. The minimum atomic E-state index is -3.30. The molecule has 1 aromatic heterocycles. The Labute approximate surface area is 176 Å². The third-order valence-corrected chi connectivity index (χ3v) is 9.20. The highest BCUT2D eigenvalue weighted by molar-refractivity contribution is 7.89. The molecule has 30 heavy (non-hydrogen) atoms. The summed E-state index contributed by atoms with van der Waals surface area (Å²) < 4.78 is 46.3. The second-order valence-electron chi connectivity index (χ2n) is 9.30. The molecule has 5 rings (SSSR count). The molecule has 1 aliphatic carbocycles. The maximum absolute atomic E-state index is 13.2. The summed E-state index contributed by atoms with van der Waals surface area (Å²) in [6, 6.07) is 1.34. The van der Waals surface area contributed by atoms with Gasteiger partial charge in [0.2, 0.25) is 10.0 Å². The largest absolute Gasteiger partial charge is 0.360 e. The summed E-state index contributed by atoms with van der Waals surface area (Å²) in [5.74, 6) is 0.271. The van der Waals surface area contributed by atoms with E-state index in [0.29, 0.717) is 25.0 Å². The fourth-order valence-electron chi connectivity index (χ4n) is 5.43. The molecule has 5 atom stereocenters. The molecule has 4 heterocycles. The number of nitrogens with one attached hydrogen (secondary N) is 2. The van der Waals surface area contributed by atoms with Crippen molar-refractivity contribution in [3.05, 3.63) is 17.5 Å². The molecule has 10 heteroatoms. The van der Waals surface area contributed by atoms with Crippen LogP contribution in [0.1, 0.15) is 67.1 Å². The highest BCUT2D eigenvalue weighted by Gasteiger charge is 2.47. The van der Waals surface area contributed by atoms with Crippen molar-refractivity contribution in [2.75, 3.05) is 18.8 Å². The number of sulfonamides is 1. The van der Waals surface area contributed by atoms with Gasteiger partial charge in [-0.25, -0.2) is 12.8 Å². The number of carbonyl (C=O) groups is 1. The van der Waals surface area contributed by atoms with E-state index in [2.05, 4.69) is 15.8 Å². The van der Waals surface area contributed by atoms with Crippen LogP contribution in [0.25, 0.3) is 0 Å². The number of hydrogen-bond donors (Lipinski definition) is 2. The Balaban J connectivity index is 1.20. The van der Waals surface area contributed by atoms with Crippen LogP contribution in [-0.4, -0.2) is 66.9 Å². The van der Waals surface area contributed by atoms with Crippen LogP contribution in [0.4, 0.5) is 4.39 Å². The molecule has 0 radical (unpaired) electrons. The first kappa shape index (κ1) is 20.4. The van der Waals surface area contributed by atoms with Gasteiger partial charge in [0.15, 0.2) is 5.69 Å². The Morgan fingerprint density at radius 3 is 2.50 bits per heavy atom. The maximum atomic E-state index is 13.2. The minimum absolute atomic E-state index is 0.0487. The third-order valence-electron chi connectivity index (χ3n) is 7.07. The number of halogens is 1. The molecule has 1 saturated carbocycles. The van der Waals surface area contributed by atoms with Crippen molar-refractivity contribution in [2.45, 2.75) is 75.2 Å². The van der Waals surface area contributed by atoms with Crippen LogP contribution in [0.15, 0.2) is 10.6 Å². The third kappa shape index (κ3) is 4.01.